The number of benzene rings is 1. The van der Waals surface area contributed by atoms with Crippen LogP contribution in [0.3, 0.4) is 0 Å². The molecule has 0 radical (unpaired) electrons. The summed E-state index contributed by atoms with van der Waals surface area (Å²) >= 11 is 0. The van der Waals surface area contributed by atoms with Crippen LogP contribution in [-0.4, -0.2) is 87.5 Å². The standard InChI is InChI=1S/C34H49N7O4/c1-3-30(42)37-28(34(45)41-20-8-19-40-18-7-11-27(40)23-41)21-24-12-14-25(15-13-24)22-35-33(44)31(26-9-5-4-6-10-26)38-32(43)29-16-17-36-39(29)2/h12-17,26-28,31H,3-11,18-23H2,1-2H3,(H,35,44)(H,37,42)(H,38,43)/t27?,28-,31+/m1/s1. The number of nitrogens with zero attached hydrogens (tertiary/aromatic N) is 4. The third kappa shape index (κ3) is 8.51. The van der Waals surface area contributed by atoms with E-state index in [-0.39, 0.29) is 29.5 Å². The largest absolute Gasteiger partial charge is 0.350 e. The molecule has 2 aromatic rings. The van der Waals surface area contributed by atoms with E-state index in [1.165, 1.54) is 11.1 Å². The van der Waals surface area contributed by atoms with E-state index in [4.69, 9.17) is 0 Å². The monoisotopic (exact) mass is 619 g/mol. The summed E-state index contributed by atoms with van der Waals surface area (Å²) in [6, 6.07) is 8.65. The summed E-state index contributed by atoms with van der Waals surface area (Å²) < 4.78 is 1.51. The molecule has 3 N–H and O–H groups in total. The van der Waals surface area contributed by atoms with Gasteiger partial charge in [-0.2, -0.15) is 5.10 Å². The molecule has 1 unspecified atom stereocenters. The van der Waals surface area contributed by atoms with Crippen LogP contribution in [0.15, 0.2) is 36.5 Å². The maximum atomic E-state index is 13.7. The third-order valence-electron chi connectivity index (χ3n) is 9.74. The average Bonchev–Trinajstić information content (AvgIpc) is 3.65. The van der Waals surface area contributed by atoms with Crippen LogP contribution in [-0.2, 0) is 34.4 Å². The van der Waals surface area contributed by atoms with Crippen molar-refractivity contribution < 1.29 is 19.2 Å². The van der Waals surface area contributed by atoms with Gasteiger partial charge in [-0.3, -0.25) is 28.8 Å². The molecule has 3 atom stereocenters. The quantitative estimate of drug-likeness (QED) is 0.355. The number of aromatic nitrogens is 2. The Hall–Kier alpha value is -3.73. The minimum Gasteiger partial charge on any atom is -0.350 e. The molecule has 3 fully saturated rings. The third-order valence-corrected chi connectivity index (χ3v) is 9.74. The van der Waals surface area contributed by atoms with Crippen molar-refractivity contribution in [1.29, 1.82) is 0 Å². The maximum Gasteiger partial charge on any atom is 0.270 e. The van der Waals surface area contributed by atoms with Gasteiger partial charge >= 0.3 is 0 Å². The Bertz CT molecular complexity index is 1320. The summed E-state index contributed by atoms with van der Waals surface area (Å²) in [5.74, 6) is -0.540. The number of nitrogens with one attached hydrogen (secondary N) is 3. The first-order chi connectivity index (χ1) is 21.8. The first-order valence-corrected chi connectivity index (χ1v) is 16.8. The maximum absolute atomic E-state index is 13.7. The molecule has 3 heterocycles. The Labute approximate surface area is 266 Å². The van der Waals surface area contributed by atoms with Gasteiger partial charge in [0.2, 0.25) is 17.7 Å². The highest BCUT2D eigenvalue weighted by molar-refractivity contribution is 5.96. The number of carbonyl (C=O) groups excluding carboxylic acids is 4. The molecule has 1 aliphatic carbocycles. The topological polar surface area (TPSA) is 129 Å². The van der Waals surface area contributed by atoms with Gasteiger partial charge in [-0.25, -0.2) is 0 Å². The lowest BCUT2D eigenvalue weighted by Crippen LogP contribution is -2.51. The summed E-state index contributed by atoms with van der Waals surface area (Å²) in [6.45, 7) is 5.69. The number of rotatable bonds is 11. The molecule has 244 valence electrons. The van der Waals surface area contributed by atoms with Crippen LogP contribution in [0.25, 0.3) is 0 Å². The summed E-state index contributed by atoms with van der Waals surface area (Å²) in [6.07, 6.45) is 10.6. The van der Waals surface area contributed by atoms with E-state index in [0.29, 0.717) is 37.7 Å². The van der Waals surface area contributed by atoms with Crippen molar-refractivity contribution in [3.8, 4) is 0 Å². The first-order valence-electron chi connectivity index (χ1n) is 16.8. The molecule has 0 spiro atoms. The Morgan fingerprint density at radius 2 is 1.62 bits per heavy atom. The van der Waals surface area contributed by atoms with E-state index in [1.807, 2.05) is 29.2 Å². The highest BCUT2D eigenvalue weighted by atomic mass is 16.2. The van der Waals surface area contributed by atoms with Crippen molar-refractivity contribution in [1.82, 2.24) is 35.5 Å². The van der Waals surface area contributed by atoms with E-state index in [1.54, 1.807) is 26.2 Å². The van der Waals surface area contributed by atoms with Crippen molar-refractivity contribution in [3.05, 3.63) is 53.3 Å². The number of fused-ring (bicyclic) bond motifs is 1. The SMILES string of the molecule is CCC(=O)N[C@H](Cc1ccc(CNC(=O)[C@@H](NC(=O)c2ccnn2C)C2CCCCC2)cc1)C(=O)N1CCCN2CCCC2C1. The fraction of sp³-hybridized carbons (Fsp3) is 0.618. The summed E-state index contributed by atoms with van der Waals surface area (Å²) in [7, 11) is 1.71. The average molecular weight is 620 g/mol. The van der Waals surface area contributed by atoms with Crippen molar-refractivity contribution in [2.24, 2.45) is 13.0 Å². The zero-order chi connectivity index (χ0) is 31.8. The molecular formula is C34H49N7O4. The fourth-order valence-corrected chi connectivity index (χ4v) is 7.13. The van der Waals surface area contributed by atoms with Gasteiger partial charge in [0.25, 0.3) is 5.91 Å². The normalized spacial score (nSPS) is 20.5. The minimum absolute atomic E-state index is 0.0104. The Morgan fingerprint density at radius 3 is 2.33 bits per heavy atom. The van der Waals surface area contributed by atoms with Gasteiger partial charge in [-0.1, -0.05) is 50.5 Å². The summed E-state index contributed by atoms with van der Waals surface area (Å²) in [5.41, 5.74) is 2.28. The Morgan fingerprint density at radius 1 is 0.889 bits per heavy atom. The van der Waals surface area contributed by atoms with Crippen LogP contribution in [0.2, 0.25) is 0 Å². The number of amides is 4. The van der Waals surface area contributed by atoms with Gasteiger partial charge in [-0.05, 0) is 61.8 Å². The molecule has 5 rings (SSSR count). The van der Waals surface area contributed by atoms with Crippen LogP contribution in [0.1, 0.15) is 86.3 Å². The van der Waals surface area contributed by atoms with Crippen molar-refractivity contribution in [2.45, 2.75) is 95.8 Å². The van der Waals surface area contributed by atoms with Gasteiger partial charge < -0.3 is 20.9 Å². The van der Waals surface area contributed by atoms with Crippen LogP contribution in [0.5, 0.6) is 0 Å². The molecule has 1 saturated carbocycles. The predicted molar refractivity (Wildman–Crippen MR) is 171 cm³/mol. The molecule has 1 aromatic carbocycles. The molecule has 2 saturated heterocycles. The molecule has 45 heavy (non-hydrogen) atoms. The molecule has 4 amide bonds. The van der Waals surface area contributed by atoms with Gasteiger partial charge in [-0.15, -0.1) is 0 Å². The second-order valence-corrected chi connectivity index (χ2v) is 12.9. The van der Waals surface area contributed by atoms with E-state index >= 15 is 0 Å². The first kappa shape index (κ1) is 32.7. The number of hydrogen-bond donors (Lipinski definition) is 3. The van der Waals surface area contributed by atoms with Crippen molar-refractivity contribution in [2.75, 3.05) is 26.2 Å². The van der Waals surface area contributed by atoms with E-state index in [2.05, 4.69) is 25.9 Å². The highest BCUT2D eigenvalue weighted by Gasteiger charge is 2.34. The number of aryl methyl sites for hydroxylation is 1. The van der Waals surface area contributed by atoms with Gasteiger partial charge in [0.15, 0.2) is 0 Å². The van der Waals surface area contributed by atoms with Gasteiger partial charge in [0.05, 0.1) is 0 Å². The van der Waals surface area contributed by atoms with Crippen LogP contribution >= 0.6 is 0 Å². The number of carbonyl (C=O) groups is 4. The summed E-state index contributed by atoms with van der Waals surface area (Å²) in [5, 5.41) is 13.1. The molecule has 3 aliphatic rings. The van der Waals surface area contributed by atoms with E-state index in [9.17, 15) is 19.2 Å². The van der Waals surface area contributed by atoms with Crippen LogP contribution in [0.4, 0.5) is 0 Å². The van der Waals surface area contributed by atoms with E-state index in [0.717, 1.165) is 75.7 Å². The second-order valence-electron chi connectivity index (χ2n) is 12.9. The highest BCUT2D eigenvalue weighted by Crippen LogP contribution is 2.27. The van der Waals surface area contributed by atoms with E-state index < -0.39 is 12.1 Å². The fourth-order valence-electron chi connectivity index (χ4n) is 7.13. The smallest absolute Gasteiger partial charge is 0.270 e. The Kier molecular flexibility index (Phi) is 11.3. The van der Waals surface area contributed by atoms with Crippen LogP contribution in [0, 0.1) is 5.92 Å². The lowest BCUT2D eigenvalue weighted by atomic mass is 9.83. The molecular weight excluding hydrogens is 570 g/mol. The van der Waals surface area contributed by atoms with Crippen molar-refractivity contribution in [3.63, 3.8) is 0 Å². The molecule has 1 aromatic heterocycles. The zero-order valence-corrected chi connectivity index (χ0v) is 26.8. The second kappa shape index (κ2) is 15.5. The molecule has 2 aliphatic heterocycles. The van der Waals surface area contributed by atoms with Gasteiger partial charge in [0.1, 0.15) is 17.8 Å². The Balaban J connectivity index is 1.20. The molecule has 11 heteroatoms. The summed E-state index contributed by atoms with van der Waals surface area (Å²) in [4.78, 5) is 57.0. The number of hydrogen-bond acceptors (Lipinski definition) is 6. The molecule has 0 bridgehead atoms. The lowest BCUT2D eigenvalue weighted by molar-refractivity contribution is -0.136. The lowest BCUT2D eigenvalue weighted by Gasteiger charge is -2.30. The minimum atomic E-state index is -0.616. The van der Waals surface area contributed by atoms with Crippen LogP contribution < -0.4 is 16.0 Å². The predicted octanol–water partition coefficient (Wildman–Crippen LogP) is 2.55. The van der Waals surface area contributed by atoms with Crippen molar-refractivity contribution >= 4 is 23.6 Å². The zero-order valence-electron chi connectivity index (χ0n) is 26.8. The van der Waals surface area contributed by atoms with Gasteiger partial charge in [0, 0.05) is 58.3 Å². The molecule has 11 nitrogen and oxygen atoms in total.